The van der Waals surface area contributed by atoms with Gasteiger partial charge in [-0.25, -0.2) is 0 Å². The van der Waals surface area contributed by atoms with Gasteiger partial charge in [0, 0.05) is 19.0 Å². The van der Waals surface area contributed by atoms with Gasteiger partial charge in [-0.3, -0.25) is 4.79 Å². The molecule has 0 unspecified atom stereocenters. The molecule has 1 N–H and O–H groups in total. The third-order valence-electron chi connectivity index (χ3n) is 5.50. The minimum absolute atomic E-state index is 0.339. The molecule has 0 radical (unpaired) electrons. The highest BCUT2D eigenvalue weighted by atomic mass is 16.2. The molecular weight excluding hydrogens is 248 g/mol. The molecule has 2 rings (SSSR count). The molecule has 0 bridgehead atoms. The Bertz CT molecular complexity index is 289. The first-order valence-corrected chi connectivity index (χ1v) is 8.68. The van der Waals surface area contributed by atoms with E-state index in [9.17, 15) is 4.79 Å². The fourth-order valence-corrected chi connectivity index (χ4v) is 3.87. The number of amides is 1. The summed E-state index contributed by atoms with van der Waals surface area (Å²) in [6.07, 6.45) is 9.78. The van der Waals surface area contributed by atoms with Gasteiger partial charge in [0.25, 0.3) is 0 Å². The van der Waals surface area contributed by atoms with Gasteiger partial charge in [-0.05, 0) is 70.4 Å². The highest BCUT2D eigenvalue weighted by molar-refractivity contribution is 5.79. The Balaban J connectivity index is 1.72. The van der Waals surface area contributed by atoms with Gasteiger partial charge < -0.3 is 10.2 Å². The maximum absolute atomic E-state index is 12.6. The Morgan fingerprint density at radius 3 is 2.25 bits per heavy atom. The summed E-state index contributed by atoms with van der Waals surface area (Å²) in [7, 11) is 2.02. The van der Waals surface area contributed by atoms with Crippen molar-refractivity contribution in [1.82, 2.24) is 10.2 Å². The SMILES string of the molecule is CCC1CCC(C(=O)N2CCC(CCNC)CC2)CC1. The average molecular weight is 280 g/mol. The van der Waals surface area contributed by atoms with Crippen LogP contribution in [0, 0.1) is 17.8 Å². The van der Waals surface area contributed by atoms with Crippen LogP contribution in [-0.2, 0) is 4.79 Å². The van der Waals surface area contributed by atoms with E-state index in [4.69, 9.17) is 0 Å². The van der Waals surface area contributed by atoms with Gasteiger partial charge in [0.05, 0.1) is 0 Å². The lowest BCUT2D eigenvalue weighted by Gasteiger charge is -2.36. The van der Waals surface area contributed by atoms with Crippen LogP contribution in [0.5, 0.6) is 0 Å². The third kappa shape index (κ3) is 4.21. The standard InChI is InChI=1S/C17H32N2O/c1-3-14-4-6-16(7-5-14)17(20)19-12-9-15(10-13-19)8-11-18-2/h14-16,18H,3-13H2,1-2H3. The van der Waals surface area contributed by atoms with E-state index in [2.05, 4.69) is 17.1 Å². The van der Waals surface area contributed by atoms with Gasteiger partial charge in [-0.2, -0.15) is 0 Å². The molecule has 116 valence electrons. The van der Waals surface area contributed by atoms with Crippen molar-refractivity contribution >= 4 is 5.91 Å². The number of likely N-dealkylation sites (tertiary alicyclic amines) is 1. The molecule has 2 fully saturated rings. The molecule has 1 aliphatic heterocycles. The Labute approximate surface area is 124 Å². The first kappa shape index (κ1) is 15.8. The van der Waals surface area contributed by atoms with Gasteiger partial charge in [-0.15, -0.1) is 0 Å². The quantitative estimate of drug-likeness (QED) is 0.839. The molecule has 0 aromatic carbocycles. The second-order valence-electron chi connectivity index (χ2n) is 6.79. The lowest BCUT2D eigenvalue weighted by Crippen LogP contribution is -2.43. The number of nitrogens with zero attached hydrogens (tertiary/aromatic N) is 1. The largest absolute Gasteiger partial charge is 0.342 e. The molecule has 0 aromatic heterocycles. The van der Waals surface area contributed by atoms with Crippen molar-refractivity contribution in [3.8, 4) is 0 Å². The smallest absolute Gasteiger partial charge is 0.225 e. The lowest BCUT2D eigenvalue weighted by atomic mass is 9.80. The van der Waals surface area contributed by atoms with Crippen LogP contribution in [0.2, 0.25) is 0 Å². The summed E-state index contributed by atoms with van der Waals surface area (Å²) in [5.41, 5.74) is 0. The zero-order valence-electron chi connectivity index (χ0n) is 13.4. The molecule has 1 saturated carbocycles. The molecular formula is C17H32N2O. The Kier molecular flexibility index (Phi) is 6.34. The van der Waals surface area contributed by atoms with Gasteiger partial charge >= 0.3 is 0 Å². The molecule has 1 amide bonds. The van der Waals surface area contributed by atoms with E-state index in [1.54, 1.807) is 0 Å². The average Bonchev–Trinajstić information content (AvgIpc) is 2.53. The third-order valence-corrected chi connectivity index (χ3v) is 5.50. The fourth-order valence-electron chi connectivity index (χ4n) is 3.87. The summed E-state index contributed by atoms with van der Waals surface area (Å²) in [6.45, 7) is 5.39. The fraction of sp³-hybridized carbons (Fsp3) is 0.941. The predicted octanol–water partition coefficient (Wildman–Crippen LogP) is 3.05. The molecule has 1 saturated heterocycles. The van der Waals surface area contributed by atoms with E-state index in [0.717, 1.165) is 44.3 Å². The molecule has 3 nitrogen and oxygen atoms in total. The van der Waals surface area contributed by atoms with Crippen LogP contribution in [0.3, 0.4) is 0 Å². The van der Waals surface area contributed by atoms with Crippen molar-refractivity contribution in [3.63, 3.8) is 0 Å². The first-order chi connectivity index (χ1) is 9.74. The van der Waals surface area contributed by atoms with Crippen LogP contribution < -0.4 is 5.32 Å². The van der Waals surface area contributed by atoms with E-state index in [1.807, 2.05) is 7.05 Å². The number of carbonyl (C=O) groups is 1. The van der Waals surface area contributed by atoms with Crippen molar-refractivity contribution in [2.75, 3.05) is 26.7 Å². The monoisotopic (exact) mass is 280 g/mol. The first-order valence-electron chi connectivity index (χ1n) is 8.68. The number of piperidine rings is 1. The van der Waals surface area contributed by atoms with Crippen LogP contribution in [0.4, 0.5) is 0 Å². The van der Waals surface area contributed by atoms with Gasteiger partial charge in [0.2, 0.25) is 5.91 Å². The molecule has 3 heteroatoms. The van der Waals surface area contributed by atoms with E-state index in [0.29, 0.717) is 11.8 Å². The minimum atomic E-state index is 0.339. The predicted molar refractivity (Wildman–Crippen MR) is 83.6 cm³/mol. The van der Waals surface area contributed by atoms with Crippen molar-refractivity contribution in [3.05, 3.63) is 0 Å². The van der Waals surface area contributed by atoms with Gasteiger partial charge in [-0.1, -0.05) is 13.3 Å². The molecule has 20 heavy (non-hydrogen) atoms. The van der Waals surface area contributed by atoms with Crippen molar-refractivity contribution in [2.24, 2.45) is 17.8 Å². The maximum Gasteiger partial charge on any atom is 0.225 e. The van der Waals surface area contributed by atoms with E-state index in [-0.39, 0.29) is 0 Å². The van der Waals surface area contributed by atoms with Crippen molar-refractivity contribution in [1.29, 1.82) is 0 Å². The van der Waals surface area contributed by atoms with Crippen LogP contribution in [0.15, 0.2) is 0 Å². The van der Waals surface area contributed by atoms with Gasteiger partial charge in [0.15, 0.2) is 0 Å². The topological polar surface area (TPSA) is 32.3 Å². The summed E-state index contributed by atoms with van der Waals surface area (Å²) in [4.78, 5) is 14.7. The second kappa shape index (κ2) is 8.02. The zero-order chi connectivity index (χ0) is 14.4. The zero-order valence-corrected chi connectivity index (χ0v) is 13.4. The van der Waals surface area contributed by atoms with Crippen LogP contribution >= 0.6 is 0 Å². The molecule has 0 atom stereocenters. The Morgan fingerprint density at radius 2 is 1.70 bits per heavy atom. The van der Waals surface area contributed by atoms with E-state index < -0.39 is 0 Å². The Morgan fingerprint density at radius 1 is 1.05 bits per heavy atom. The molecule has 0 spiro atoms. The number of carbonyl (C=O) groups excluding carboxylic acids is 1. The normalized spacial score (nSPS) is 28.6. The second-order valence-corrected chi connectivity index (χ2v) is 6.79. The van der Waals surface area contributed by atoms with E-state index >= 15 is 0 Å². The van der Waals surface area contributed by atoms with Crippen LogP contribution in [-0.4, -0.2) is 37.5 Å². The molecule has 1 aliphatic carbocycles. The summed E-state index contributed by atoms with van der Waals surface area (Å²) in [5.74, 6) is 2.51. The molecule has 0 aromatic rings. The van der Waals surface area contributed by atoms with Crippen LogP contribution in [0.25, 0.3) is 0 Å². The minimum Gasteiger partial charge on any atom is -0.342 e. The molecule has 1 heterocycles. The lowest BCUT2D eigenvalue weighted by molar-refractivity contribution is -0.138. The summed E-state index contributed by atoms with van der Waals surface area (Å²) < 4.78 is 0. The summed E-state index contributed by atoms with van der Waals surface area (Å²) >= 11 is 0. The Hall–Kier alpha value is -0.570. The summed E-state index contributed by atoms with van der Waals surface area (Å²) in [5, 5.41) is 3.23. The number of hydrogen-bond acceptors (Lipinski definition) is 2. The van der Waals surface area contributed by atoms with Gasteiger partial charge in [0.1, 0.15) is 0 Å². The number of rotatable bonds is 5. The van der Waals surface area contributed by atoms with Crippen molar-refractivity contribution in [2.45, 2.75) is 58.3 Å². The highest BCUT2D eigenvalue weighted by Gasteiger charge is 2.30. The van der Waals surface area contributed by atoms with Crippen molar-refractivity contribution < 1.29 is 4.79 Å². The summed E-state index contributed by atoms with van der Waals surface area (Å²) in [6, 6.07) is 0. The maximum atomic E-state index is 12.6. The highest BCUT2D eigenvalue weighted by Crippen LogP contribution is 2.32. The number of hydrogen-bond donors (Lipinski definition) is 1. The molecule has 2 aliphatic rings. The van der Waals surface area contributed by atoms with E-state index in [1.165, 1.54) is 38.5 Å². The van der Waals surface area contributed by atoms with Crippen LogP contribution in [0.1, 0.15) is 58.3 Å². The number of nitrogens with one attached hydrogen (secondary N) is 1.